The lowest BCUT2D eigenvalue weighted by molar-refractivity contribution is -0.128. The van der Waals surface area contributed by atoms with Gasteiger partial charge in [-0.15, -0.1) is 0 Å². The van der Waals surface area contributed by atoms with Crippen LogP contribution in [0.2, 0.25) is 0 Å². The van der Waals surface area contributed by atoms with E-state index in [0.29, 0.717) is 12.3 Å². The maximum absolute atomic E-state index is 12.5. The Labute approximate surface area is 171 Å². The summed E-state index contributed by atoms with van der Waals surface area (Å²) in [5, 5.41) is 10.6. The van der Waals surface area contributed by atoms with E-state index in [1.807, 2.05) is 6.92 Å². The van der Waals surface area contributed by atoms with Crippen LogP contribution in [0.25, 0.3) is 0 Å². The molecule has 0 fully saturated rings. The van der Waals surface area contributed by atoms with Crippen LogP contribution in [0, 0.1) is 17.8 Å². The zero-order valence-corrected chi connectivity index (χ0v) is 18.6. The Morgan fingerprint density at radius 3 is 2.39 bits per heavy atom. The van der Waals surface area contributed by atoms with Crippen molar-refractivity contribution in [3.63, 3.8) is 0 Å². The Morgan fingerprint density at radius 1 is 1.14 bits per heavy atom. The smallest absolute Gasteiger partial charge is 0.204 e. The molecular formula is C24H38O4. The first kappa shape index (κ1) is 24.2. The van der Waals surface area contributed by atoms with Gasteiger partial charge in [0.25, 0.3) is 0 Å². The number of rotatable bonds is 10. The predicted octanol–water partition coefficient (Wildman–Crippen LogP) is 5.35. The summed E-state index contributed by atoms with van der Waals surface area (Å²) in [6.07, 6.45) is 11.7. The average molecular weight is 391 g/mol. The van der Waals surface area contributed by atoms with Crippen LogP contribution in [0.1, 0.15) is 60.3 Å². The van der Waals surface area contributed by atoms with E-state index in [2.05, 4.69) is 52.0 Å². The van der Waals surface area contributed by atoms with Crippen LogP contribution in [-0.4, -0.2) is 31.2 Å². The van der Waals surface area contributed by atoms with E-state index in [1.165, 1.54) is 25.4 Å². The normalized spacial score (nSPS) is 24.5. The fraction of sp³-hybridized carbons (Fsp3) is 0.625. The van der Waals surface area contributed by atoms with E-state index in [4.69, 9.17) is 9.47 Å². The molecule has 3 atom stereocenters. The third kappa shape index (κ3) is 6.97. The van der Waals surface area contributed by atoms with Gasteiger partial charge < -0.3 is 14.6 Å². The number of hydrogen-bond donors (Lipinski definition) is 1. The lowest BCUT2D eigenvalue weighted by Crippen LogP contribution is -2.40. The molecule has 1 N–H and O–H groups in total. The average Bonchev–Trinajstić information content (AvgIpc) is 2.64. The fourth-order valence-corrected chi connectivity index (χ4v) is 3.47. The SMILES string of the molecule is COC1=C(OC)[C@H](O)[C@H](C/C=C(\C)CC/C=C(\C)C/C=C/C(C)C)[C@@H](C)C1=O. The molecule has 0 bridgehead atoms. The second-order valence-corrected chi connectivity index (χ2v) is 8.11. The third-order valence-electron chi connectivity index (χ3n) is 5.33. The summed E-state index contributed by atoms with van der Waals surface area (Å²) in [7, 11) is 2.90. The summed E-state index contributed by atoms with van der Waals surface area (Å²) in [5.41, 5.74) is 2.66. The van der Waals surface area contributed by atoms with Crippen molar-refractivity contribution in [1.82, 2.24) is 0 Å². The van der Waals surface area contributed by atoms with Gasteiger partial charge in [0.15, 0.2) is 5.76 Å². The molecule has 0 aliphatic heterocycles. The highest BCUT2D eigenvalue weighted by molar-refractivity contribution is 5.97. The monoisotopic (exact) mass is 390 g/mol. The molecule has 0 amide bonds. The quantitative estimate of drug-likeness (QED) is 0.511. The van der Waals surface area contributed by atoms with E-state index in [0.717, 1.165) is 19.3 Å². The molecule has 28 heavy (non-hydrogen) atoms. The highest BCUT2D eigenvalue weighted by Gasteiger charge is 2.42. The van der Waals surface area contributed by atoms with E-state index < -0.39 is 6.10 Å². The van der Waals surface area contributed by atoms with Crippen LogP contribution in [0.15, 0.2) is 47.0 Å². The number of carbonyl (C=O) groups is 1. The van der Waals surface area contributed by atoms with E-state index in [-0.39, 0.29) is 29.1 Å². The summed E-state index contributed by atoms with van der Waals surface area (Å²) in [6.45, 7) is 10.5. The molecule has 1 aliphatic rings. The molecule has 0 heterocycles. The standard InChI is InChI=1S/C24H38O4/c1-16(2)10-8-11-17(3)12-9-13-18(4)14-15-20-19(5)21(25)23(27-6)24(28-7)22(20)26/h8,10,12,14,16,19-20,22,26H,9,11,13,15H2,1-7H3/b10-8+,17-12+,18-14+/t19-,20-,22-/m1/s1. The second-order valence-electron chi connectivity index (χ2n) is 8.11. The van der Waals surface area contributed by atoms with Crippen molar-refractivity contribution in [2.24, 2.45) is 17.8 Å². The number of ether oxygens (including phenoxy) is 2. The lowest BCUT2D eigenvalue weighted by atomic mass is 9.77. The number of ketones is 1. The zero-order chi connectivity index (χ0) is 21.3. The molecule has 0 radical (unpaired) electrons. The molecule has 0 aromatic rings. The fourth-order valence-electron chi connectivity index (χ4n) is 3.47. The third-order valence-corrected chi connectivity index (χ3v) is 5.33. The number of hydrogen-bond acceptors (Lipinski definition) is 4. The topological polar surface area (TPSA) is 55.8 Å². The number of carbonyl (C=O) groups excluding carboxylic acids is 1. The maximum atomic E-state index is 12.5. The van der Waals surface area contributed by atoms with Gasteiger partial charge in [-0.2, -0.15) is 0 Å². The van der Waals surface area contributed by atoms with Crippen molar-refractivity contribution in [1.29, 1.82) is 0 Å². The van der Waals surface area contributed by atoms with Gasteiger partial charge in [0, 0.05) is 11.8 Å². The minimum absolute atomic E-state index is 0.103. The Morgan fingerprint density at radius 2 is 1.82 bits per heavy atom. The van der Waals surface area contributed by atoms with E-state index in [9.17, 15) is 9.90 Å². The molecule has 0 unspecified atom stereocenters. The number of methoxy groups -OCH3 is 2. The van der Waals surface area contributed by atoms with Crippen LogP contribution < -0.4 is 0 Å². The van der Waals surface area contributed by atoms with Gasteiger partial charge in [-0.3, -0.25) is 4.79 Å². The molecule has 4 nitrogen and oxygen atoms in total. The number of Topliss-reactive ketones (excluding diaryl/α,β-unsaturated/α-hetero) is 1. The van der Waals surface area contributed by atoms with Crippen LogP contribution >= 0.6 is 0 Å². The van der Waals surface area contributed by atoms with Gasteiger partial charge in [-0.05, 0) is 45.4 Å². The Hall–Kier alpha value is -1.81. The van der Waals surface area contributed by atoms with Gasteiger partial charge >= 0.3 is 0 Å². The molecule has 1 aliphatic carbocycles. The summed E-state index contributed by atoms with van der Waals surface area (Å²) in [5.74, 6) is 0.378. The summed E-state index contributed by atoms with van der Waals surface area (Å²) in [6, 6.07) is 0. The lowest BCUT2D eigenvalue weighted by Gasteiger charge is -2.33. The molecule has 0 saturated carbocycles. The minimum Gasteiger partial charge on any atom is -0.494 e. The molecule has 0 saturated heterocycles. The first-order chi connectivity index (χ1) is 13.2. The first-order valence-electron chi connectivity index (χ1n) is 10.2. The highest BCUT2D eigenvalue weighted by atomic mass is 16.5. The van der Waals surface area contributed by atoms with Crippen molar-refractivity contribution >= 4 is 5.78 Å². The van der Waals surface area contributed by atoms with Gasteiger partial charge in [0.1, 0.15) is 6.10 Å². The van der Waals surface area contributed by atoms with Crippen LogP contribution in [-0.2, 0) is 14.3 Å². The molecule has 0 aromatic carbocycles. The van der Waals surface area contributed by atoms with Crippen molar-refractivity contribution in [2.45, 2.75) is 66.4 Å². The van der Waals surface area contributed by atoms with Gasteiger partial charge in [0.2, 0.25) is 11.5 Å². The van der Waals surface area contributed by atoms with E-state index >= 15 is 0 Å². The Balaban J connectivity index is 2.65. The van der Waals surface area contributed by atoms with Gasteiger partial charge in [-0.1, -0.05) is 56.2 Å². The Bertz CT molecular complexity index is 637. The van der Waals surface area contributed by atoms with Gasteiger partial charge in [-0.25, -0.2) is 0 Å². The summed E-state index contributed by atoms with van der Waals surface area (Å²) in [4.78, 5) is 12.5. The first-order valence-corrected chi connectivity index (χ1v) is 10.2. The molecule has 1 rings (SSSR count). The van der Waals surface area contributed by atoms with Gasteiger partial charge in [0.05, 0.1) is 14.2 Å². The van der Waals surface area contributed by atoms with Crippen molar-refractivity contribution in [3.8, 4) is 0 Å². The highest BCUT2D eigenvalue weighted by Crippen LogP contribution is 2.35. The molecule has 0 spiro atoms. The van der Waals surface area contributed by atoms with E-state index in [1.54, 1.807) is 0 Å². The van der Waals surface area contributed by atoms with Crippen LogP contribution in [0.4, 0.5) is 0 Å². The second kappa shape index (κ2) is 11.9. The summed E-state index contributed by atoms with van der Waals surface area (Å²) >= 11 is 0. The maximum Gasteiger partial charge on any atom is 0.204 e. The largest absolute Gasteiger partial charge is 0.494 e. The predicted molar refractivity (Wildman–Crippen MR) is 115 cm³/mol. The Kier molecular flexibility index (Phi) is 10.3. The number of aliphatic hydroxyl groups is 1. The van der Waals surface area contributed by atoms with Crippen molar-refractivity contribution in [2.75, 3.05) is 14.2 Å². The number of aliphatic hydroxyl groups excluding tert-OH is 1. The zero-order valence-electron chi connectivity index (χ0n) is 18.6. The van der Waals surface area contributed by atoms with Crippen molar-refractivity contribution < 1.29 is 19.4 Å². The van der Waals surface area contributed by atoms with Crippen LogP contribution in [0.3, 0.4) is 0 Å². The van der Waals surface area contributed by atoms with Crippen LogP contribution in [0.5, 0.6) is 0 Å². The minimum atomic E-state index is -0.827. The molecule has 4 heteroatoms. The number of allylic oxidation sites excluding steroid dienone is 7. The summed E-state index contributed by atoms with van der Waals surface area (Å²) < 4.78 is 10.4. The molecule has 158 valence electrons. The molecule has 0 aromatic heterocycles. The molecular weight excluding hydrogens is 352 g/mol. The van der Waals surface area contributed by atoms with Crippen molar-refractivity contribution in [3.05, 3.63) is 47.0 Å².